The van der Waals surface area contributed by atoms with Gasteiger partial charge in [0, 0.05) is 19.2 Å². The normalized spacial score (nSPS) is 12.0. The van der Waals surface area contributed by atoms with Gasteiger partial charge < -0.3 is 5.73 Å². The molecule has 0 radical (unpaired) electrons. The molecule has 0 amide bonds. The number of hydrogen-bond acceptors (Lipinski definition) is 3. The van der Waals surface area contributed by atoms with E-state index in [2.05, 4.69) is 0 Å². The van der Waals surface area contributed by atoms with Crippen molar-refractivity contribution in [2.45, 2.75) is 44.4 Å². The Morgan fingerprint density at radius 1 is 1.05 bits per heavy atom. The summed E-state index contributed by atoms with van der Waals surface area (Å²) in [6, 6.07) is 1.37. The minimum Gasteiger partial charge on any atom is -0.396 e. The van der Waals surface area contributed by atoms with Crippen molar-refractivity contribution in [2.24, 2.45) is 0 Å². The summed E-state index contributed by atoms with van der Waals surface area (Å²) < 4.78 is 53.3. The van der Waals surface area contributed by atoms with Crippen LogP contribution in [-0.4, -0.2) is 25.8 Å². The molecule has 2 N–H and O–H groups in total. The minimum atomic E-state index is -4.00. The van der Waals surface area contributed by atoms with Crippen LogP contribution in [0.4, 0.5) is 14.5 Å². The number of nitrogens with zero attached hydrogens (tertiary/aromatic N) is 1. The molecule has 0 bridgehead atoms. The first kappa shape index (κ1) is 17.8. The van der Waals surface area contributed by atoms with Crippen LogP contribution in [0.3, 0.4) is 0 Å². The molecule has 7 heteroatoms. The molecule has 0 aromatic heterocycles. The van der Waals surface area contributed by atoms with Crippen LogP contribution in [0.1, 0.15) is 39.5 Å². The molecule has 4 nitrogen and oxygen atoms in total. The van der Waals surface area contributed by atoms with E-state index in [9.17, 15) is 17.2 Å². The van der Waals surface area contributed by atoms with Crippen LogP contribution in [0.5, 0.6) is 0 Å². The van der Waals surface area contributed by atoms with E-state index in [0.29, 0.717) is 32.0 Å². The van der Waals surface area contributed by atoms with Crippen LogP contribution in [0.15, 0.2) is 17.0 Å². The fourth-order valence-corrected chi connectivity index (χ4v) is 3.50. The van der Waals surface area contributed by atoms with Gasteiger partial charge in [-0.05, 0) is 18.9 Å². The second-order valence-corrected chi connectivity index (χ2v) is 6.82. The van der Waals surface area contributed by atoms with Gasteiger partial charge in [0.25, 0.3) is 0 Å². The van der Waals surface area contributed by atoms with E-state index in [1.54, 1.807) is 0 Å². The van der Waals surface area contributed by atoms with Crippen molar-refractivity contribution in [1.29, 1.82) is 0 Å². The molecule has 0 unspecified atom stereocenters. The predicted molar refractivity (Wildman–Crippen MR) is 79.3 cm³/mol. The Kier molecular flexibility index (Phi) is 6.54. The standard InChI is InChI=1S/C14H22F2N2O2S/c1-3-5-7-18(8-6-4-2)21(19,20)14-10-13(17)11(15)9-12(14)16/h9-10H,3-8,17H2,1-2H3. The highest BCUT2D eigenvalue weighted by atomic mass is 32.2. The van der Waals surface area contributed by atoms with E-state index in [4.69, 9.17) is 5.73 Å². The lowest BCUT2D eigenvalue weighted by molar-refractivity contribution is 0.392. The summed E-state index contributed by atoms with van der Waals surface area (Å²) in [5, 5.41) is 0. The van der Waals surface area contributed by atoms with E-state index >= 15 is 0 Å². The number of rotatable bonds is 8. The first-order chi connectivity index (χ1) is 9.84. The van der Waals surface area contributed by atoms with Gasteiger partial charge >= 0.3 is 0 Å². The van der Waals surface area contributed by atoms with Gasteiger partial charge in [-0.3, -0.25) is 0 Å². The van der Waals surface area contributed by atoms with E-state index in [-0.39, 0.29) is 5.69 Å². The van der Waals surface area contributed by atoms with Crippen molar-refractivity contribution in [3.05, 3.63) is 23.8 Å². The van der Waals surface area contributed by atoms with Gasteiger partial charge in [-0.15, -0.1) is 0 Å². The average molecular weight is 320 g/mol. The first-order valence-corrected chi connectivity index (χ1v) is 8.53. The summed E-state index contributed by atoms with van der Waals surface area (Å²) in [5.41, 5.74) is 4.99. The van der Waals surface area contributed by atoms with Gasteiger partial charge in [-0.1, -0.05) is 26.7 Å². The Morgan fingerprint density at radius 3 is 2.05 bits per heavy atom. The first-order valence-electron chi connectivity index (χ1n) is 7.09. The highest BCUT2D eigenvalue weighted by Crippen LogP contribution is 2.24. The SMILES string of the molecule is CCCCN(CCCC)S(=O)(=O)c1cc(N)c(F)cc1F. The molecule has 0 saturated heterocycles. The Bertz CT molecular complexity index is 569. The second kappa shape index (κ2) is 7.70. The van der Waals surface area contributed by atoms with E-state index < -0.39 is 26.6 Å². The van der Waals surface area contributed by atoms with Crippen molar-refractivity contribution in [3.8, 4) is 0 Å². The Morgan fingerprint density at radius 2 is 1.57 bits per heavy atom. The molecule has 0 aliphatic heterocycles. The average Bonchev–Trinajstić information content (AvgIpc) is 2.42. The second-order valence-electron chi connectivity index (χ2n) is 4.92. The fraction of sp³-hybridized carbons (Fsp3) is 0.571. The number of unbranched alkanes of at least 4 members (excludes halogenated alkanes) is 2. The lowest BCUT2D eigenvalue weighted by Gasteiger charge is -2.22. The van der Waals surface area contributed by atoms with Crippen LogP contribution in [0.2, 0.25) is 0 Å². The maximum atomic E-state index is 13.8. The minimum absolute atomic E-state index is 0.315. The molecule has 0 atom stereocenters. The highest BCUT2D eigenvalue weighted by Gasteiger charge is 2.27. The maximum Gasteiger partial charge on any atom is 0.246 e. The number of benzene rings is 1. The van der Waals surface area contributed by atoms with Gasteiger partial charge in [-0.2, -0.15) is 4.31 Å². The van der Waals surface area contributed by atoms with Crippen LogP contribution >= 0.6 is 0 Å². The number of hydrogen-bond donors (Lipinski definition) is 1. The van der Waals surface area contributed by atoms with Crippen molar-refractivity contribution in [2.75, 3.05) is 18.8 Å². The molecule has 0 spiro atoms. The molecule has 21 heavy (non-hydrogen) atoms. The number of halogens is 2. The molecule has 120 valence electrons. The summed E-state index contributed by atoms with van der Waals surface area (Å²) in [7, 11) is -4.00. The Hall–Kier alpha value is -1.21. The Labute approximate surface area is 125 Å². The van der Waals surface area contributed by atoms with Gasteiger partial charge in [0.05, 0.1) is 5.69 Å². The highest BCUT2D eigenvalue weighted by molar-refractivity contribution is 7.89. The molecular formula is C14H22F2N2O2S. The zero-order valence-corrected chi connectivity index (χ0v) is 13.2. The Balaban J connectivity index is 3.18. The van der Waals surface area contributed by atoms with E-state index in [1.165, 1.54) is 4.31 Å². The van der Waals surface area contributed by atoms with Crippen molar-refractivity contribution in [3.63, 3.8) is 0 Å². The van der Waals surface area contributed by atoms with Gasteiger partial charge in [-0.25, -0.2) is 17.2 Å². The summed E-state index contributed by atoms with van der Waals surface area (Å²) in [6.45, 7) is 4.52. The molecule has 0 saturated carbocycles. The molecule has 0 aliphatic carbocycles. The number of nitrogens with two attached hydrogens (primary N) is 1. The van der Waals surface area contributed by atoms with Gasteiger partial charge in [0.15, 0.2) is 0 Å². The summed E-state index contributed by atoms with van der Waals surface area (Å²) in [6.07, 6.45) is 3.01. The largest absolute Gasteiger partial charge is 0.396 e. The fourth-order valence-electron chi connectivity index (χ4n) is 1.90. The number of anilines is 1. The van der Waals surface area contributed by atoms with E-state index in [0.717, 1.165) is 18.9 Å². The third-order valence-electron chi connectivity index (χ3n) is 3.19. The number of nitrogen functional groups attached to an aromatic ring is 1. The molecule has 0 fully saturated rings. The molecule has 0 aliphatic rings. The smallest absolute Gasteiger partial charge is 0.246 e. The van der Waals surface area contributed by atoms with Gasteiger partial charge in [0.1, 0.15) is 16.5 Å². The lowest BCUT2D eigenvalue weighted by Crippen LogP contribution is -2.33. The predicted octanol–water partition coefficient (Wildman–Crippen LogP) is 3.14. The van der Waals surface area contributed by atoms with Gasteiger partial charge in [0.2, 0.25) is 10.0 Å². The number of sulfonamides is 1. The summed E-state index contributed by atoms with van der Waals surface area (Å²) in [4.78, 5) is -0.561. The molecule has 1 aromatic carbocycles. The van der Waals surface area contributed by atoms with Crippen LogP contribution in [-0.2, 0) is 10.0 Å². The maximum absolute atomic E-state index is 13.8. The van der Waals surface area contributed by atoms with Crippen LogP contribution < -0.4 is 5.73 Å². The van der Waals surface area contributed by atoms with Crippen molar-refractivity contribution < 1.29 is 17.2 Å². The zero-order chi connectivity index (χ0) is 16.0. The van der Waals surface area contributed by atoms with Crippen molar-refractivity contribution in [1.82, 2.24) is 4.31 Å². The van der Waals surface area contributed by atoms with Crippen LogP contribution in [0.25, 0.3) is 0 Å². The molecule has 1 rings (SSSR count). The van der Waals surface area contributed by atoms with E-state index in [1.807, 2.05) is 13.8 Å². The monoisotopic (exact) mass is 320 g/mol. The molecular weight excluding hydrogens is 298 g/mol. The molecule has 1 aromatic rings. The molecule has 0 heterocycles. The third-order valence-corrected chi connectivity index (χ3v) is 5.10. The topological polar surface area (TPSA) is 63.4 Å². The summed E-state index contributed by atoms with van der Waals surface area (Å²) >= 11 is 0. The zero-order valence-electron chi connectivity index (χ0n) is 12.4. The quantitative estimate of drug-likeness (QED) is 0.748. The van der Waals surface area contributed by atoms with Crippen LogP contribution in [0, 0.1) is 11.6 Å². The lowest BCUT2D eigenvalue weighted by atomic mass is 10.3. The third kappa shape index (κ3) is 4.38. The van der Waals surface area contributed by atoms with Crippen molar-refractivity contribution >= 4 is 15.7 Å². The summed E-state index contributed by atoms with van der Waals surface area (Å²) in [5.74, 6) is -2.07.